The summed E-state index contributed by atoms with van der Waals surface area (Å²) in [5, 5.41) is 12.7. The van der Waals surface area contributed by atoms with Crippen LogP contribution in [0.25, 0.3) is 27.2 Å². The second kappa shape index (κ2) is 8.56. The van der Waals surface area contributed by atoms with Crippen LogP contribution in [-0.4, -0.2) is 56.8 Å². The summed E-state index contributed by atoms with van der Waals surface area (Å²) in [6.45, 7) is 3.88. The van der Waals surface area contributed by atoms with Gasteiger partial charge in [-0.05, 0) is 25.0 Å². The van der Waals surface area contributed by atoms with Crippen LogP contribution in [-0.2, 0) is 0 Å². The zero-order chi connectivity index (χ0) is 22.1. The van der Waals surface area contributed by atoms with Gasteiger partial charge in [0.1, 0.15) is 0 Å². The standard InChI is InChI=1S/C20H21F4N5Si/c1-12(20(21,22)23)19-14-4-3-5-16(27-18-6-7-29(2)11-30(18)24)15(14)8-17(28-19)13(9-25)10-26/h3-5,8-10,18,25H,1,6-7,11,26H2,2H3/q-1/b13-10+,25-9?/t18-/m0/s1. The van der Waals surface area contributed by atoms with Crippen LogP contribution in [0.15, 0.2) is 37.0 Å². The van der Waals surface area contributed by atoms with Crippen molar-refractivity contribution in [2.75, 3.05) is 19.8 Å². The maximum absolute atomic E-state index is 14.6. The zero-order valence-electron chi connectivity index (χ0n) is 16.3. The zero-order valence-corrected chi connectivity index (χ0v) is 17.3. The smallest absolute Gasteiger partial charge is 0.417 e. The topological polar surface area (TPSA) is 80.1 Å². The van der Waals surface area contributed by atoms with Crippen LogP contribution in [0.4, 0.5) is 23.0 Å². The van der Waals surface area contributed by atoms with Gasteiger partial charge in [0, 0.05) is 29.5 Å². The minimum atomic E-state index is -4.69. The fourth-order valence-electron chi connectivity index (χ4n) is 3.34. The Morgan fingerprint density at radius 3 is 2.73 bits per heavy atom. The first-order chi connectivity index (χ1) is 14.2. The summed E-state index contributed by atoms with van der Waals surface area (Å²) in [6, 6.07) is 6.26. The van der Waals surface area contributed by atoms with Gasteiger partial charge in [-0.15, -0.1) is 5.69 Å². The number of nitrogens with one attached hydrogen (secondary N) is 1. The first-order valence-corrected chi connectivity index (χ1v) is 10.9. The molecule has 0 saturated carbocycles. The van der Waals surface area contributed by atoms with Gasteiger partial charge in [0.2, 0.25) is 0 Å². The van der Waals surface area contributed by atoms with E-state index in [2.05, 4.69) is 16.9 Å². The van der Waals surface area contributed by atoms with Crippen molar-refractivity contribution < 1.29 is 17.3 Å². The van der Waals surface area contributed by atoms with E-state index >= 15 is 0 Å². The lowest BCUT2D eigenvalue weighted by Gasteiger charge is -2.41. The Morgan fingerprint density at radius 2 is 2.13 bits per heavy atom. The van der Waals surface area contributed by atoms with E-state index in [4.69, 9.17) is 11.1 Å². The Hall–Kier alpha value is -2.72. The Bertz CT molecular complexity index is 1000. The van der Waals surface area contributed by atoms with Crippen molar-refractivity contribution in [1.29, 1.82) is 5.41 Å². The Labute approximate surface area is 173 Å². The van der Waals surface area contributed by atoms with Gasteiger partial charge < -0.3 is 25.5 Å². The molecule has 30 heavy (non-hydrogen) atoms. The van der Waals surface area contributed by atoms with E-state index in [9.17, 15) is 17.3 Å². The van der Waals surface area contributed by atoms with Crippen molar-refractivity contribution in [2.45, 2.75) is 18.3 Å². The third kappa shape index (κ3) is 4.39. The molecule has 0 aliphatic carbocycles. The molecule has 0 bridgehead atoms. The lowest BCUT2D eigenvalue weighted by molar-refractivity contribution is -0.0688. The summed E-state index contributed by atoms with van der Waals surface area (Å²) >= 11 is 0. The molecule has 1 saturated heterocycles. The maximum Gasteiger partial charge on any atom is 0.417 e. The number of pyridine rings is 1. The third-order valence-corrected chi connectivity index (χ3v) is 6.95. The molecule has 1 aliphatic rings. The average molecular weight is 436 g/mol. The van der Waals surface area contributed by atoms with Gasteiger partial charge in [-0.1, -0.05) is 36.9 Å². The van der Waals surface area contributed by atoms with Crippen LogP contribution in [0.1, 0.15) is 17.8 Å². The number of nitrogens with zero attached hydrogens (tertiary/aromatic N) is 3. The van der Waals surface area contributed by atoms with Crippen LogP contribution >= 0.6 is 0 Å². The number of rotatable bonds is 5. The molecule has 1 radical (unpaired) electrons. The van der Waals surface area contributed by atoms with Crippen molar-refractivity contribution in [1.82, 2.24) is 9.88 Å². The molecule has 1 aromatic carbocycles. The molecule has 1 fully saturated rings. The van der Waals surface area contributed by atoms with Crippen LogP contribution in [0, 0.1) is 5.41 Å². The van der Waals surface area contributed by atoms with E-state index in [0.29, 0.717) is 30.2 Å². The Morgan fingerprint density at radius 1 is 1.40 bits per heavy atom. The van der Waals surface area contributed by atoms with Gasteiger partial charge in [-0.25, -0.2) is 4.98 Å². The number of nitrogens with two attached hydrogens (primary N) is 1. The van der Waals surface area contributed by atoms with Crippen molar-refractivity contribution >= 4 is 43.0 Å². The van der Waals surface area contributed by atoms with E-state index in [1.807, 2.05) is 11.9 Å². The summed E-state index contributed by atoms with van der Waals surface area (Å²) in [7, 11) is -0.401. The summed E-state index contributed by atoms with van der Waals surface area (Å²) < 4.78 is 54.9. The molecule has 1 atom stereocenters. The lowest BCUT2D eigenvalue weighted by Crippen LogP contribution is -2.45. The van der Waals surface area contributed by atoms with Gasteiger partial charge in [0.15, 0.2) is 0 Å². The molecule has 1 aliphatic heterocycles. The van der Waals surface area contributed by atoms with Crippen molar-refractivity contribution in [2.24, 2.45) is 5.73 Å². The second-order valence-electron chi connectivity index (χ2n) is 7.09. The van der Waals surface area contributed by atoms with Crippen LogP contribution < -0.4 is 5.73 Å². The monoisotopic (exact) mass is 435 g/mol. The fourth-order valence-corrected chi connectivity index (χ4v) is 4.94. The number of alkyl halides is 3. The first-order valence-electron chi connectivity index (χ1n) is 9.19. The molecule has 0 unspecified atom stereocenters. The third-order valence-electron chi connectivity index (χ3n) is 4.97. The molecule has 2 heterocycles. The van der Waals surface area contributed by atoms with Crippen LogP contribution in [0.3, 0.4) is 0 Å². The summed E-state index contributed by atoms with van der Waals surface area (Å²) in [6.07, 6.45) is -1.78. The molecule has 0 spiro atoms. The number of fused-ring (bicyclic) bond motifs is 1. The molecule has 3 N–H and O–H groups in total. The summed E-state index contributed by atoms with van der Waals surface area (Å²) in [4.78, 5) is 6.00. The van der Waals surface area contributed by atoms with Gasteiger partial charge in [0.25, 0.3) is 9.13 Å². The van der Waals surface area contributed by atoms with Gasteiger partial charge in [-0.2, -0.15) is 13.2 Å². The number of benzene rings is 1. The molecule has 2 aromatic rings. The summed E-state index contributed by atoms with van der Waals surface area (Å²) in [5.41, 5.74) is 4.20. The number of halogens is 4. The number of aromatic nitrogens is 1. The highest BCUT2D eigenvalue weighted by Crippen LogP contribution is 2.40. The lowest BCUT2D eigenvalue weighted by atomic mass is 10.0. The molecule has 1 aromatic heterocycles. The predicted octanol–water partition coefficient (Wildman–Crippen LogP) is 4.51. The van der Waals surface area contributed by atoms with Crippen LogP contribution in [0.2, 0.25) is 0 Å². The SMILES string of the molecule is C=C(c1nc(/C(C=N)=C/N)cc2c([N-][C@@H]3CCN(C)C[Si]3F)cccc12)C(F)(F)F. The second-order valence-corrected chi connectivity index (χ2v) is 8.97. The van der Waals surface area contributed by atoms with Gasteiger partial charge in [-0.3, -0.25) is 0 Å². The Kier molecular flexibility index (Phi) is 6.27. The highest BCUT2D eigenvalue weighted by molar-refractivity contribution is 6.54. The summed E-state index contributed by atoms with van der Waals surface area (Å²) in [5.74, 6) is 0. The first kappa shape index (κ1) is 22.0. The molecule has 0 amide bonds. The molecule has 3 rings (SSSR count). The van der Waals surface area contributed by atoms with E-state index in [1.54, 1.807) is 12.1 Å². The quantitative estimate of drug-likeness (QED) is 0.314. The molecular weight excluding hydrogens is 414 g/mol. The molecule has 10 heteroatoms. The highest BCUT2D eigenvalue weighted by atomic mass is 28.3. The molecular formula is C20H21F4N5Si-. The fraction of sp³-hybridized carbons (Fsp3) is 0.300. The minimum Gasteiger partial charge on any atom is -0.682 e. The van der Waals surface area contributed by atoms with Gasteiger partial charge >= 0.3 is 6.18 Å². The molecule has 159 valence electrons. The highest BCUT2D eigenvalue weighted by Gasteiger charge is 2.35. The number of hydrogen-bond acceptors (Lipinski definition) is 4. The molecule has 5 nitrogen and oxygen atoms in total. The van der Waals surface area contributed by atoms with E-state index in [1.165, 1.54) is 12.1 Å². The van der Waals surface area contributed by atoms with Crippen molar-refractivity contribution in [3.8, 4) is 0 Å². The van der Waals surface area contributed by atoms with Gasteiger partial charge in [0.05, 0.1) is 17.0 Å². The number of allylic oxidation sites excluding steroid dienone is 2. The normalized spacial score (nSPS) is 19.1. The Balaban J connectivity index is 2.16. The van der Waals surface area contributed by atoms with E-state index in [0.717, 1.165) is 12.4 Å². The van der Waals surface area contributed by atoms with Crippen LogP contribution in [0.5, 0.6) is 0 Å². The minimum absolute atomic E-state index is 0.0946. The number of hydrogen-bond donors (Lipinski definition) is 2. The largest absolute Gasteiger partial charge is 0.682 e. The average Bonchev–Trinajstić information content (AvgIpc) is 2.69. The van der Waals surface area contributed by atoms with E-state index < -0.39 is 26.5 Å². The van der Waals surface area contributed by atoms with Crippen molar-refractivity contribution in [3.63, 3.8) is 0 Å². The predicted molar refractivity (Wildman–Crippen MR) is 114 cm³/mol. The van der Waals surface area contributed by atoms with Crippen molar-refractivity contribution in [3.05, 3.63) is 53.7 Å². The maximum atomic E-state index is 14.6. The van der Waals surface area contributed by atoms with E-state index in [-0.39, 0.29) is 22.3 Å².